The molecule has 0 unspecified atom stereocenters. The largest absolute Gasteiger partial charge is 0.497 e. The first-order valence-corrected chi connectivity index (χ1v) is 10.5. The summed E-state index contributed by atoms with van der Waals surface area (Å²) in [7, 11) is 1.63. The fraction of sp³-hybridized carbons (Fsp3) is 0.333. The highest BCUT2D eigenvalue weighted by molar-refractivity contribution is 5.91. The number of aliphatic hydroxyl groups is 1. The first kappa shape index (κ1) is 21.1. The zero-order valence-corrected chi connectivity index (χ0v) is 17.5. The van der Waals surface area contributed by atoms with Gasteiger partial charge in [0.2, 0.25) is 5.91 Å². The van der Waals surface area contributed by atoms with E-state index < -0.39 is 6.10 Å². The number of fused-ring (bicyclic) bond motifs is 1. The third-order valence-corrected chi connectivity index (χ3v) is 5.65. The minimum atomic E-state index is -0.625. The molecule has 31 heavy (non-hydrogen) atoms. The zero-order chi connectivity index (χ0) is 21.6. The predicted molar refractivity (Wildman–Crippen MR) is 119 cm³/mol. The molecule has 2 N–H and O–H groups in total. The number of methoxy groups -OCH3 is 1. The van der Waals surface area contributed by atoms with E-state index in [0.29, 0.717) is 12.3 Å². The number of furan rings is 1. The Kier molecular flexibility index (Phi) is 6.64. The third kappa shape index (κ3) is 5.31. The molecule has 0 saturated carbocycles. The smallest absolute Gasteiger partial charge is 0.244 e. The van der Waals surface area contributed by atoms with Crippen LogP contribution in [0.3, 0.4) is 0 Å². The standard InChI is InChI=1S/C24H27N3O4/c1-30-19-4-6-22-21(15-19)20(8-11-25-22)23(28)16-27-12-9-17(10-13-27)26-24(29)7-5-18-3-2-14-31-18/h2-8,11,14-15,17,23,28H,9-10,12-13,16H2,1H3,(H,26,29)/t23-/m0/s1. The first-order chi connectivity index (χ1) is 15.1. The topological polar surface area (TPSA) is 87.8 Å². The Hall–Kier alpha value is -3.16. The second-order valence-electron chi connectivity index (χ2n) is 7.73. The van der Waals surface area contributed by atoms with Gasteiger partial charge in [-0.1, -0.05) is 0 Å². The van der Waals surface area contributed by atoms with Gasteiger partial charge in [-0.05, 0) is 60.9 Å². The zero-order valence-electron chi connectivity index (χ0n) is 17.5. The maximum absolute atomic E-state index is 12.1. The number of hydrogen-bond donors (Lipinski definition) is 2. The molecule has 4 rings (SSSR count). The van der Waals surface area contributed by atoms with E-state index in [2.05, 4.69) is 15.2 Å². The Bertz CT molecular complexity index is 1040. The molecule has 1 aromatic carbocycles. The third-order valence-electron chi connectivity index (χ3n) is 5.65. The molecular weight excluding hydrogens is 394 g/mol. The molecule has 1 aliphatic rings. The molecule has 2 aromatic heterocycles. The molecule has 1 saturated heterocycles. The van der Waals surface area contributed by atoms with Gasteiger partial charge in [-0.15, -0.1) is 0 Å². The number of amides is 1. The Labute approximate surface area is 181 Å². The van der Waals surface area contributed by atoms with E-state index in [1.165, 1.54) is 6.08 Å². The molecule has 0 spiro atoms. The van der Waals surface area contributed by atoms with Crippen LogP contribution in [0.5, 0.6) is 5.75 Å². The quantitative estimate of drug-likeness (QED) is 0.570. The number of rotatable bonds is 7. The fourth-order valence-electron chi connectivity index (χ4n) is 3.96. The van der Waals surface area contributed by atoms with Crippen molar-refractivity contribution in [1.82, 2.24) is 15.2 Å². The van der Waals surface area contributed by atoms with Gasteiger partial charge in [0.15, 0.2) is 0 Å². The van der Waals surface area contributed by atoms with Crippen LogP contribution in [0, 0.1) is 0 Å². The Balaban J connectivity index is 1.31. The molecule has 1 fully saturated rings. The number of carbonyl (C=O) groups is 1. The number of benzene rings is 1. The van der Waals surface area contributed by atoms with Crippen molar-refractivity contribution in [1.29, 1.82) is 0 Å². The molecule has 0 aliphatic carbocycles. The van der Waals surface area contributed by atoms with Crippen molar-refractivity contribution in [3.05, 3.63) is 66.3 Å². The molecule has 3 heterocycles. The van der Waals surface area contributed by atoms with Crippen LogP contribution in [0.1, 0.15) is 30.3 Å². The molecule has 1 aliphatic heterocycles. The van der Waals surface area contributed by atoms with Gasteiger partial charge in [-0.25, -0.2) is 0 Å². The average molecular weight is 421 g/mol. The SMILES string of the molecule is COc1ccc2nccc([C@@H](O)CN3CCC(NC(=O)C=Cc4ccco4)CC3)c2c1. The van der Waals surface area contributed by atoms with E-state index in [1.54, 1.807) is 37.8 Å². The van der Waals surface area contributed by atoms with Crippen LogP contribution in [0.4, 0.5) is 0 Å². The van der Waals surface area contributed by atoms with Crippen LogP contribution < -0.4 is 10.1 Å². The summed E-state index contributed by atoms with van der Waals surface area (Å²) in [4.78, 5) is 18.7. The monoisotopic (exact) mass is 421 g/mol. The molecule has 7 heteroatoms. The van der Waals surface area contributed by atoms with Gasteiger partial charge in [-0.3, -0.25) is 9.78 Å². The van der Waals surface area contributed by atoms with Crippen molar-refractivity contribution in [3.8, 4) is 5.75 Å². The van der Waals surface area contributed by atoms with Crippen LogP contribution >= 0.6 is 0 Å². The van der Waals surface area contributed by atoms with Gasteiger partial charge < -0.3 is 24.5 Å². The second kappa shape index (κ2) is 9.76. The summed E-state index contributed by atoms with van der Waals surface area (Å²) in [6.45, 7) is 2.17. The van der Waals surface area contributed by atoms with Crippen LogP contribution in [-0.4, -0.2) is 53.7 Å². The molecular formula is C24H27N3O4. The van der Waals surface area contributed by atoms with Crippen molar-refractivity contribution >= 4 is 22.9 Å². The average Bonchev–Trinajstić information content (AvgIpc) is 3.32. The molecule has 1 amide bonds. The lowest BCUT2D eigenvalue weighted by Gasteiger charge is -2.33. The van der Waals surface area contributed by atoms with E-state index in [4.69, 9.17) is 9.15 Å². The highest BCUT2D eigenvalue weighted by atomic mass is 16.5. The number of aliphatic hydroxyl groups excluding tert-OH is 1. The summed E-state index contributed by atoms with van der Waals surface area (Å²) in [6.07, 6.45) is 7.53. The number of hydrogen-bond acceptors (Lipinski definition) is 6. The molecule has 0 bridgehead atoms. The van der Waals surface area contributed by atoms with Gasteiger partial charge >= 0.3 is 0 Å². The molecule has 7 nitrogen and oxygen atoms in total. The number of aromatic nitrogens is 1. The summed E-state index contributed by atoms with van der Waals surface area (Å²) in [6, 6.07) is 11.3. The minimum Gasteiger partial charge on any atom is -0.497 e. The normalized spacial score (nSPS) is 16.6. The van der Waals surface area contributed by atoms with Crippen LogP contribution in [-0.2, 0) is 4.79 Å². The Morgan fingerprint density at radius 2 is 2.19 bits per heavy atom. The summed E-state index contributed by atoms with van der Waals surface area (Å²) in [5.41, 5.74) is 1.68. The van der Waals surface area contributed by atoms with Gasteiger partial charge in [0, 0.05) is 43.3 Å². The second-order valence-corrected chi connectivity index (χ2v) is 7.73. The lowest BCUT2D eigenvalue weighted by molar-refractivity contribution is -0.117. The number of likely N-dealkylation sites (tertiary alicyclic amines) is 1. The number of carbonyl (C=O) groups excluding carboxylic acids is 1. The summed E-state index contributed by atoms with van der Waals surface area (Å²) in [5.74, 6) is 1.28. The van der Waals surface area contributed by atoms with Crippen LogP contribution in [0.25, 0.3) is 17.0 Å². The fourth-order valence-corrected chi connectivity index (χ4v) is 3.96. The molecule has 0 radical (unpaired) electrons. The predicted octanol–water partition coefficient (Wildman–Crippen LogP) is 3.16. The van der Waals surface area contributed by atoms with Gasteiger partial charge in [0.25, 0.3) is 0 Å². The highest BCUT2D eigenvalue weighted by Crippen LogP contribution is 2.27. The Morgan fingerprint density at radius 1 is 1.35 bits per heavy atom. The van der Waals surface area contributed by atoms with Crippen molar-refractivity contribution in [2.45, 2.75) is 25.0 Å². The van der Waals surface area contributed by atoms with Crippen LogP contribution in [0.2, 0.25) is 0 Å². The first-order valence-electron chi connectivity index (χ1n) is 10.5. The van der Waals surface area contributed by atoms with E-state index in [-0.39, 0.29) is 11.9 Å². The lowest BCUT2D eigenvalue weighted by Crippen LogP contribution is -2.45. The number of ether oxygens (including phenoxy) is 1. The summed E-state index contributed by atoms with van der Waals surface area (Å²) in [5, 5.41) is 14.9. The molecule has 1 atom stereocenters. The van der Waals surface area contributed by atoms with E-state index in [9.17, 15) is 9.90 Å². The molecule has 3 aromatic rings. The van der Waals surface area contributed by atoms with Crippen molar-refractivity contribution in [2.24, 2.45) is 0 Å². The Morgan fingerprint density at radius 3 is 2.94 bits per heavy atom. The maximum Gasteiger partial charge on any atom is 0.244 e. The number of nitrogens with zero attached hydrogens (tertiary/aromatic N) is 2. The molecule has 162 valence electrons. The summed E-state index contributed by atoms with van der Waals surface area (Å²) < 4.78 is 10.5. The maximum atomic E-state index is 12.1. The van der Waals surface area contributed by atoms with Crippen molar-refractivity contribution in [3.63, 3.8) is 0 Å². The van der Waals surface area contributed by atoms with Gasteiger partial charge in [0.1, 0.15) is 11.5 Å². The van der Waals surface area contributed by atoms with E-state index in [1.807, 2.05) is 24.3 Å². The lowest BCUT2D eigenvalue weighted by atomic mass is 10.0. The van der Waals surface area contributed by atoms with Gasteiger partial charge in [-0.2, -0.15) is 0 Å². The number of piperidine rings is 1. The van der Waals surface area contributed by atoms with Crippen LogP contribution in [0.15, 0.2) is 59.4 Å². The number of β-amino-alcohol motifs (C(OH)–C–C–N with tert-alkyl or cyclic N) is 1. The highest BCUT2D eigenvalue weighted by Gasteiger charge is 2.23. The van der Waals surface area contributed by atoms with Crippen molar-refractivity contribution in [2.75, 3.05) is 26.7 Å². The number of nitrogens with one attached hydrogen (secondary N) is 1. The van der Waals surface area contributed by atoms with E-state index >= 15 is 0 Å². The van der Waals surface area contributed by atoms with E-state index in [0.717, 1.165) is 48.1 Å². The van der Waals surface area contributed by atoms with Gasteiger partial charge in [0.05, 0.1) is 25.0 Å². The minimum absolute atomic E-state index is 0.118. The number of pyridine rings is 1. The van der Waals surface area contributed by atoms with Crippen molar-refractivity contribution < 1.29 is 19.1 Å². The summed E-state index contributed by atoms with van der Waals surface area (Å²) >= 11 is 0.